The van der Waals surface area contributed by atoms with Crippen LogP contribution in [0.25, 0.3) is 11.3 Å². The number of amides is 1. The van der Waals surface area contributed by atoms with E-state index in [4.69, 9.17) is 0 Å². The molecule has 3 rings (SSSR count). The Kier molecular flexibility index (Phi) is 4.46. The normalized spacial score (nSPS) is 10.8. The second-order valence-corrected chi connectivity index (χ2v) is 5.96. The lowest BCUT2D eigenvalue weighted by Crippen LogP contribution is -2.30. The summed E-state index contributed by atoms with van der Waals surface area (Å²) in [6.45, 7) is 5.39. The summed E-state index contributed by atoms with van der Waals surface area (Å²) >= 11 is 0. The van der Waals surface area contributed by atoms with Crippen LogP contribution in [0.2, 0.25) is 0 Å². The van der Waals surface area contributed by atoms with E-state index >= 15 is 0 Å². The van der Waals surface area contributed by atoms with Gasteiger partial charge in [-0.25, -0.2) is 0 Å². The minimum atomic E-state index is -0.0789. The molecule has 0 aliphatic rings. The molecular formula is C18H21N5O. The van der Waals surface area contributed by atoms with Crippen LogP contribution in [0.15, 0.2) is 42.7 Å². The lowest BCUT2D eigenvalue weighted by molar-refractivity contribution is 0.0783. The summed E-state index contributed by atoms with van der Waals surface area (Å²) < 4.78 is 1.80. The summed E-state index contributed by atoms with van der Waals surface area (Å²) in [5, 5.41) is 11.3. The van der Waals surface area contributed by atoms with Crippen molar-refractivity contribution in [2.24, 2.45) is 0 Å². The molecule has 124 valence electrons. The second kappa shape index (κ2) is 6.70. The van der Waals surface area contributed by atoms with Gasteiger partial charge in [0.1, 0.15) is 5.69 Å². The summed E-state index contributed by atoms with van der Waals surface area (Å²) in [5.74, 6) is -0.0789. The first-order chi connectivity index (χ1) is 11.5. The number of carbonyl (C=O) groups excluding carboxylic acids is 1. The standard InChI is InChI=1S/C18H21N5O/c1-13-5-6-15(11-14(13)2)16-12-17(21-20-16)18(24)22(3)9-10-23-8-4-7-19-23/h4-8,11-12H,9-10H2,1-3H3,(H,20,21). The minimum Gasteiger partial charge on any atom is -0.339 e. The predicted molar refractivity (Wildman–Crippen MR) is 92.7 cm³/mol. The van der Waals surface area contributed by atoms with E-state index in [-0.39, 0.29) is 5.91 Å². The van der Waals surface area contributed by atoms with Crippen LogP contribution in [0.5, 0.6) is 0 Å². The van der Waals surface area contributed by atoms with E-state index in [9.17, 15) is 4.79 Å². The molecule has 0 saturated carbocycles. The Morgan fingerprint density at radius 2 is 2.08 bits per heavy atom. The van der Waals surface area contributed by atoms with Crippen LogP contribution in [0.3, 0.4) is 0 Å². The molecule has 3 aromatic rings. The van der Waals surface area contributed by atoms with E-state index in [1.165, 1.54) is 11.1 Å². The summed E-state index contributed by atoms with van der Waals surface area (Å²) in [7, 11) is 1.78. The van der Waals surface area contributed by atoms with Crippen molar-refractivity contribution in [1.29, 1.82) is 0 Å². The molecule has 2 heterocycles. The highest BCUT2D eigenvalue weighted by atomic mass is 16.2. The van der Waals surface area contributed by atoms with E-state index in [1.54, 1.807) is 28.9 Å². The van der Waals surface area contributed by atoms with Gasteiger partial charge in [-0.15, -0.1) is 0 Å². The van der Waals surface area contributed by atoms with Crippen molar-refractivity contribution in [3.05, 3.63) is 59.5 Å². The average Bonchev–Trinajstić information content (AvgIpc) is 3.26. The smallest absolute Gasteiger partial charge is 0.271 e. The Labute approximate surface area is 141 Å². The lowest BCUT2D eigenvalue weighted by Gasteiger charge is -2.15. The van der Waals surface area contributed by atoms with E-state index in [0.717, 1.165) is 11.3 Å². The highest BCUT2D eigenvalue weighted by Gasteiger charge is 2.15. The number of benzene rings is 1. The molecule has 0 saturated heterocycles. The highest BCUT2D eigenvalue weighted by molar-refractivity contribution is 5.93. The summed E-state index contributed by atoms with van der Waals surface area (Å²) in [6, 6.07) is 9.84. The fourth-order valence-corrected chi connectivity index (χ4v) is 2.47. The number of rotatable bonds is 5. The summed E-state index contributed by atoms with van der Waals surface area (Å²) in [6.07, 6.45) is 3.61. The van der Waals surface area contributed by atoms with Crippen molar-refractivity contribution in [2.75, 3.05) is 13.6 Å². The van der Waals surface area contributed by atoms with Crippen LogP contribution >= 0.6 is 0 Å². The second-order valence-electron chi connectivity index (χ2n) is 5.96. The summed E-state index contributed by atoms with van der Waals surface area (Å²) in [4.78, 5) is 14.2. The van der Waals surface area contributed by atoms with E-state index in [2.05, 4.69) is 41.3 Å². The largest absolute Gasteiger partial charge is 0.339 e. The number of aromatic nitrogens is 4. The number of H-pyrrole nitrogens is 1. The Bertz CT molecular complexity index is 835. The van der Waals surface area contributed by atoms with Gasteiger partial charge in [0.2, 0.25) is 0 Å². The van der Waals surface area contributed by atoms with Crippen molar-refractivity contribution in [3.8, 4) is 11.3 Å². The van der Waals surface area contributed by atoms with Crippen LogP contribution in [0.4, 0.5) is 0 Å². The predicted octanol–water partition coefficient (Wildman–Crippen LogP) is 2.66. The van der Waals surface area contributed by atoms with Gasteiger partial charge in [0.15, 0.2) is 0 Å². The zero-order chi connectivity index (χ0) is 17.1. The van der Waals surface area contributed by atoms with Gasteiger partial charge < -0.3 is 4.90 Å². The third kappa shape index (κ3) is 3.37. The van der Waals surface area contributed by atoms with Gasteiger partial charge in [0, 0.05) is 31.5 Å². The van der Waals surface area contributed by atoms with Crippen molar-refractivity contribution >= 4 is 5.91 Å². The van der Waals surface area contributed by atoms with E-state index in [1.807, 2.05) is 18.3 Å². The fraction of sp³-hybridized carbons (Fsp3) is 0.278. The zero-order valence-electron chi connectivity index (χ0n) is 14.2. The Balaban J connectivity index is 1.69. The molecule has 0 fully saturated rings. The van der Waals surface area contributed by atoms with Crippen molar-refractivity contribution in [2.45, 2.75) is 20.4 Å². The van der Waals surface area contributed by atoms with Crippen molar-refractivity contribution in [3.63, 3.8) is 0 Å². The van der Waals surface area contributed by atoms with Crippen LogP contribution in [0, 0.1) is 13.8 Å². The first-order valence-electron chi connectivity index (χ1n) is 7.90. The van der Waals surface area contributed by atoms with Gasteiger partial charge in [-0.05, 0) is 43.2 Å². The molecule has 6 heteroatoms. The third-order valence-electron chi connectivity index (χ3n) is 4.18. The van der Waals surface area contributed by atoms with Gasteiger partial charge in [0.05, 0.1) is 12.2 Å². The molecule has 0 spiro atoms. The quantitative estimate of drug-likeness (QED) is 0.785. The molecule has 0 aliphatic heterocycles. The summed E-state index contributed by atoms with van der Waals surface area (Å²) in [5.41, 5.74) is 4.73. The molecule has 1 amide bonds. The zero-order valence-corrected chi connectivity index (χ0v) is 14.2. The van der Waals surface area contributed by atoms with Gasteiger partial charge >= 0.3 is 0 Å². The highest BCUT2D eigenvalue weighted by Crippen LogP contribution is 2.21. The molecule has 6 nitrogen and oxygen atoms in total. The molecule has 24 heavy (non-hydrogen) atoms. The number of hydrogen-bond donors (Lipinski definition) is 1. The molecule has 1 N–H and O–H groups in total. The Morgan fingerprint density at radius 3 is 2.79 bits per heavy atom. The van der Waals surface area contributed by atoms with Gasteiger partial charge in [0.25, 0.3) is 5.91 Å². The number of nitrogens with zero attached hydrogens (tertiary/aromatic N) is 4. The van der Waals surface area contributed by atoms with Crippen LogP contribution in [-0.4, -0.2) is 44.4 Å². The average molecular weight is 323 g/mol. The van der Waals surface area contributed by atoms with Gasteiger partial charge in [-0.3, -0.25) is 14.6 Å². The van der Waals surface area contributed by atoms with Crippen LogP contribution < -0.4 is 0 Å². The van der Waals surface area contributed by atoms with Crippen molar-refractivity contribution in [1.82, 2.24) is 24.9 Å². The number of likely N-dealkylation sites (N-methyl/N-ethyl adjacent to an activating group) is 1. The molecule has 0 bridgehead atoms. The van der Waals surface area contributed by atoms with E-state index < -0.39 is 0 Å². The number of aromatic amines is 1. The van der Waals surface area contributed by atoms with Crippen LogP contribution in [-0.2, 0) is 6.54 Å². The monoisotopic (exact) mass is 323 g/mol. The Morgan fingerprint density at radius 1 is 1.25 bits per heavy atom. The number of hydrogen-bond acceptors (Lipinski definition) is 3. The number of nitrogens with one attached hydrogen (secondary N) is 1. The maximum Gasteiger partial charge on any atom is 0.271 e. The first-order valence-corrected chi connectivity index (χ1v) is 7.90. The first kappa shape index (κ1) is 16.0. The molecule has 0 atom stereocenters. The molecule has 0 unspecified atom stereocenters. The Hall–Kier alpha value is -2.89. The lowest BCUT2D eigenvalue weighted by atomic mass is 10.0. The number of carbonyl (C=O) groups is 1. The maximum atomic E-state index is 12.5. The molecule has 0 aliphatic carbocycles. The minimum absolute atomic E-state index is 0.0789. The van der Waals surface area contributed by atoms with E-state index in [0.29, 0.717) is 18.8 Å². The van der Waals surface area contributed by atoms with Crippen LogP contribution in [0.1, 0.15) is 21.6 Å². The number of aryl methyl sites for hydroxylation is 2. The molecular weight excluding hydrogens is 302 g/mol. The molecule has 2 aromatic heterocycles. The topological polar surface area (TPSA) is 66.8 Å². The van der Waals surface area contributed by atoms with Gasteiger partial charge in [-0.1, -0.05) is 12.1 Å². The van der Waals surface area contributed by atoms with Gasteiger partial charge in [-0.2, -0.15) is 10.2 Å². The molecule has 0 radical (unpaired) electrons. The molecule has 1 aromatic carbocycles. The third-order valence-corrected chi connectivity index (χ3v) is 4.18. The SMILES string of the molecule is Cc1ccc(-c2cc(C(=O)N(C)CCn3cccn3)[nH]n2)cc1C. The van der Waals surface area contributed by atoms with Crippen molar-refractivity contribution < 1.29 is 4.79 Å². The maximum absolute atomic E-state index is 12.5. The fourth-order valence-electron chi connectivity index (χ4n) is 2.47.